The van der Waals surface area contributed by atoms with Crippen LogP contribution in [0.15, 0.2) is 89.2 Å². The Labute approximate surface area is 322 Å². The van der Waals surface area contributed by atoms with Gasteiger partial charge in [-0.15, -0.1) is 0 Å². The summed E-state index contributed by atoms with van der Waals surface area (Å²) in [6.45, 7) is 10.9. The molecule has 0 aromatic heterocycles. The average molecular weight is 776 g/mol. The number of benzene rings is 3. The molecule has 3 atom stereocenters. The Morgan fingerprint density at radius 1 is 0.891 bits per heavy atom. The maximum Gasteiger partial charge on any atom is 0.407 e. The minimum absolute atomic E-state index is 0.0314. The number of methoxy groups -OCH3 is 1. The zero-order valence-corrected chi connectivity index (χ0v) is 32.2. The number of rotatable bonds is 13. The zero-order chi connectivity index (χ0) is 38.7. The number of halogens is 2. The molecule has 55 heavy (non-hydrogen) atoms. The first-order valence-corrected chi connectivity index (χ1v) is 20.9. The summed E-state index contributed by atoms with van der Waals surface area (Å²) in [6.07, 6.45) is 6.64. The molecule has 7 rings (SSSR count). The van der Waals surface area contributed by atoms with Crippen LogP contribution in [0.5, 0.6) is 0 Å². The summed E-state index contributed by atoms with van der Waals surface area (Å²) in [6, 6.07) is 17.1. The normalized spacial score (nSPS) is 22.3. The lowest BCUT2D eigenvalue weighted by Crippen LogP contribution is -2.60. The summed E-state index contributed by atoms with van der Waals surface area (Å²) < 4.78 is 61.1. The van der Waals surface area contributed by atoms with E-state index in [4.69, 9.17) is 4.74 Å². The Hall–Kier alpha value is -4.33. The molecule has 1 aliphatic carbocycles. The lowest BCUT2D eigenvalue weighted by molar-refractivity contribution is -0.111. The third-order valence-electron chi connectivity index (χ3n) is 12.4. The number of nitrogens with zero attached hydrogens (tertiary/aromatic N) is 3. The third-order valence-corrected chi connectivity index (χ3v) is 14.1. The molecule has 0 radical (unpaired) electrons. The molecule has 0 bridgehead atoms. The largest absolute Gasteiger partial charge is 0.453 e. The van der Waals surface area contributed by atoms with E-state index in [9.17, 15) is 26.8 Å². The first-order chi connectivity index (χ1) is 26.5. The van der Waals surface area contributed by atoms with Gasteiger partial charge in [-0.2, -0.15) is 0 Å². The van der Waals surface area contributed by atoms with Crippen molar-refractivity contribution >= 4 is 33.2 Å². The molecule has 10 nitrogen and oxygen atoms in total. The van der Waals surface area contributed by atoms with Gasteiger partial charge >= 0.3 is 6.09 Å². The van der Waals surface area contributed by atoms with Crippen molar-refractivity contribution in [2.45, 2.75) is 59.8 Å². The smallest absolute Gasteiger partial charge is 0.407 e. The molecule has 1 saturated carbocycles. The molecule has 3 aromatic carbocycles. The van der Waals surface area contributed by atoms with Crippen molar-refractivity contribution in [3.8, 4) is 0 Å². The molecule has 4 fully saturated rings. The highest BCUT2D eigenvalue weighted by atomic mass is 32.2. The van der Waals surface area contributed by atoms with Crippen molar-refractivity contribution in [1.82, 2.24) is 15.1 Å². The number of hydrogen-bond donors (Lipinski definition) is 2. The fourth-order valence-corrected chi connectivity index (χ4v) is 10.9. The molecule has 294 valence electrons. The maximum absolute atomic E-state index is 15.0. The molecule has 2 amide bonds. The highest BCUT2D eigenvalue weighted by molar-refractivity contribution is 7.91. The van der Waals surface area contributed by atoms with Gasteiger partial charge in [-0.3, -0.25) is 4.79 Å². The molecule has 13 heteroatoms. The molecule has 0 unspecified atom stereocenters. The Balaban J connectivity index is 0.994. The van der Waals surface area contributed by atoms with Gasteiger partial charge in [0, 0.05) is 54.9 Å². The predicted octanol–water partition coefficient (Wildman–Crippen LogP) is 6.24. The van der Waals surface area contributed by atoms with Gasteiger partial charge in [0.25, 0.3) is 0 Å². The van der Waals surface area contributed by atoms with E-state index < -0.39 is 27.7 Å². The summed E-state index contributed by atoms with van der Waals surface area (Å²) in [5.41, 5.74) is 1.70. The van der Waals surface area contributed by atoms with Gasteiger partial charge in [-0.25, -0.2) is 22.0 Å². The first-order valence-electron chi connectivity index (χ1n) is 19.4. The predicted molar refractivity (Wildman–Crippen MR) is 208 cm³/mol. The van der Waals surface area contributed by atoms with E-state index in [1.54, 1.807) is 18.2 Å². The highest BCUT2D eigenvalue weighted by Gasteiger charge is 2.53. The molecule has 3 heterocycles. The van der Waals surface area contributed by atoms with Crippen molar-refractivity contribution in [3.05, 3.63) is 96.6 Å². The van der Waals surface area contributed by atoms with Crippen molar-refractivity contribution in [3.63, 3.8) is 0 Å². The second-order valence-electron chi connectivity index (χ2n) is 15.7. The number of alkyl carbamates (subject to hydrolysis) is 1. The Kier molecular flexibility index (Phi) is 11.6. The number of amides is 2. The Morgan fingerprint density at radius 3 is 2.29 bits per heavy atom. The number of piperidine rings is 1. The first kappa shape index (κ1) is 38.9. The summed E-state index contributed by atoms with van der Waals surface area (Å²) in [5.74, 6) is -0.604. The van der Waals surface area contributed by atoms with Crippen molar-refractivity contribution in [2.75, 3.05) is 69.7 Å². The second kappa shape index (κ2) is 16.4. The molecule has 0 spiro atoms. The van der Waals surface area contributed by atoms with Crippen LogP contribution in [-0.2, 0) is 24.8 Å². The summed E-state index contributed by atoms with van der Waals surface area (Å²) >= 11 is 0. The number of likely N-dealkylation sites (tertiary alicyclic amines) is 2. The minimum Gasteiger partial charge on any atom is -0.453 e. The monoisotopic (exact) mass is 775 g/mol. The third kappa shape index (κ3) is 8.29. The van der Waals surface area contributed by atoms with Crippen molar-refractivity contribution < 1.29 is 31.5 Å². The number of anilines is 2. The Morgan fingerprint density at radius 2 is 1.64 bits per heavy atom. The van der Waals surface area contributed by atoms with E-state index in [1.165, 1.54) is 37.8 Å². The standard InChI is InChI=1S/C42H51F2N5O5S/c1-3-40(50)45-34-22-33(44)23-37(24-34)55(52,53)36-13-11-35(12-14-36)49-26-29(27-49)25-47-19-15-30(16-20-47)42(28-48-17-6-18-48,31-7-4-8-32(43)21-31)38-9-5-10-39(38)46-41(51)54-2/h3-4,7-8,11-14,21-24,29-30,38-39H,1,5-6,9-10,15-20,25-28H2,2H3,(H,45,50)(H,46,51)/t38-,39-,42-/m0/s1. The van der Waals surface area contributed by atoms with Crippen molar-refractivity contribution in [1.29, 1.82) is 0 Å². The SMILES string of the molecule is C=CC(=O)Nc1cc(F)cc(S(=O)(=O)c2ccc(N3CC(CN4CCC([C@@](CN5CCC5)(c5cccc(F)c5)[C@H]5CCC[C@@H]5NC(=O)OC)CC4)C3)cc2)c1. The van der Waals surface area contributed by atoms with E-state index >= 15 is 0 Å². The lowest BCUT2D eigenvalue weighted by atomic mass is 9.57. The Bertz CT molecular complexity index is 1980. The van der Waals surface area contributed by atoms with E-state index in [-0.39, 0.29) is 38.7 Å². The van der Waals surface area contributed by atoms with E-state index in [2.05, 4.69) is 38.0 Å². The van der Waals surface area contributed by atoms with Crippen LogP contribution in [0.25, 0.3) is 0 Å². The van der Waals surface area contributed by atoms with Crippen LogP contribution in [0.2, 0.25) is 0 Å². The number of sulfone groups is 1. The highest BCUT2D eigenvalue weighted by Crippen LogP contribution is 2.51. The van der Waals surface area contributed by atoms with Crippen LogP contribution in [-0.4, -0.2) is 95.7 Å². The lowest BCUT2D eigenvalue weighted by Gasteiger charge is -2.54. The molecular formula is C42H51F2N5O5S. The number of carbonyl (C=O) groups excluding carboxylic acids is 2. The van der Waals surface area contributed by atoms with Crippen LogP contribution < -0.4 is 15.5 Å². The van der Waals surface area contributed by atoms with E-state index in [1.807, 2.05) is 6.07 Å². The van der Waals surface area contributed by atoms with Crippen LogP contribution in [0, 0.1) is 29.4 Å². The molecule has 3 aliphatic heterocycles. The van der Waals surface area contributed by atoms with Gasteiger partial charge in [0.05, 0.1) is 16.9 Å². The van der Waals surface area contributed by atoms with Crippen LogP contribution in [0.3, 0.4) is 0 Å². The quantitative estimate of drug-likeness (QED) is 0.197. The zero-order valence-electron chi connectivity index (χ0n) is 31.4. The second-order valence-corrected chi connectivity index (χ2v) is 17.6. The molecular weight excluding hydrogens is 725 g/mol. The van der Waals surface area contributed by atoms with Gasteiger partial charge in [0.2, 0.25) is 15.7 Å². The summed E-state index contributed by atoms with van der Waals surface area (Å²) in [4.78, 5) is 31.3. The van der Waals surface area contributed by atoms with Crippen molar-refractivity contribution in [2.24, 2.45) is 17.8 Å². The topological polar surface area (TPSA) is 111 Å². The number of nitrogens with one attached hydrogen (secondary N) is 2. The van der Waals surface area contributed by atoms with Gasteiger partial charge in [-0.05, 0) is 136 Å². The van der Waals surface area contributed by atoms with Crippen LogP contribution in [0.1, 0.15) is 44.1 Å². The maximum atomic E-state index is 15.0. The van der Waals surface area contributed by atoms with Gasteiger partial charge in [0.15, 0.2) is 0 Å². The number of carbonyl (C=O) groups is 2. The van der Waals surface area contributed by atoms with E-state index in [0.717, 1.165) is 114 Å². The molecule has 3 aromatic rings. The average Bonchev–Trinajstić information content (AvgIpc) is 3.61. The fraction of sp³-hybridized carbons (Fsp3) is 0.476. The van der Waals surface area contributed by atoms with Gasteiger partial charge in [-0.1, -0.05) is 25.1 Å². The summed E-state index contributed by atoms with van der Waals surface area (Å²) in [5, 5.41) is 5.58. The van der Waals surface area contributed by atoms with Crippen LogP contribution >= 0.6 is 0 Å². The summed E-state index contributed by atoms with van der Waals surface area (Å²) in [7, 11) is -2.63. The number of ether oxygens (including phenoxy) is 1. The van der Waals surface area contributed by atoms with Gasteiger partial charge < -0.3 is 30.1 Å². The minimum atomic E-state index is -4.03. The van der Waals surface area contributed by atoms with E-state index in [0.29, 0.717) is 11.8 Å². The molecule has 4 aliphatic rings. The molecule has 3 saturated heterocycles. The van der Waals surface area contributed by atoms with Gasteiger partial charge in [0.1, 0.15) is 11.6 Å². The number of hydrogen-bond acceptors (Lipinski definition) is 8. The fourth-order valence-electron chi connectivity index (χ4n) is 9.59. The van der Waals surface area contributed by atoms with Crippen LogP contribution in [0.4, 0.5) is 25.0 Å². The molecule has 2 N–H and O–H groups in total.